The second-order valence-corrected chi connectivity index (χ2v) is 7.23. The van der Waals surface area contributed by atoms with E-state index in [0.717, 1.165) is 23.7 Å². The number of halogens is 2. The molecule has 1 aromatic carbocycles. The van der Waals surface area contributed by atoms with Gasteiger partial charge in [0, 0.05) is 26.2 Å². The number of likely N-dealkylation sites (N-methyl/N-ethyl adjacent to an activating group) is 1. The Kier molecular flexibility index (Phi) is 3.72. The van der Waals surface area contributed by atoms with Crippen molar-refractivity contribution in [1.82, 2.24) is 24.4 Å². The number of anilines is 1. The molecule has 8 nitrogen and oxygen atoms in total. The number of hydrogen-bond acceptors (Lipinski definition) is 7. The Balaban J connectivity index is 1.70. The second-order valence-electron chi connectivity index (χ2n) is 6.87. The van der Waals surface area contributed by atoms with Crippen molar-refractivity contribution in [3.63, 3.8) is 0 Å². The number of benzene rings is 1. The summed E-state index contributed by atoms with van der Waals surface area (Å²) in [6.45, 7) is 3.11. The summed E-state index contributed by atoms with van der Waals surface area (Å²) in [5.41, 5.74) is -0.169. The molecule has 4 heterocycles. The van der Waals surface area contributed by atoms with Crippen LogP contribution in [0.1, 0.15) is 16.2 Å². The van der Waals surface area contributed by atoms with Crippen molar-refractivity contribution in [2.24, 2.45) is 0 Å². The second kappa shape index (κ2) is 6.05. The topological polar surface area (TPSA) is 84.2 Å². The van der Waals surface area contributed by atoms with E-state index < -0.39 is 17.2 Å². The number of rotatable bonds is 1. The number of nitrogens with zero attached hydrogens (tertiary/aromatic N) is 6. The van der Waals surface area contributed by atoms with E-state index in [9.17, 15) is 14.0 Å². The van der Waals surface area contributed by atoms with E-state index in [-0.39, 0.29) is 33.4 Å². The van der Waals surface area contributed by atoms with E-state index in [1.54, 1.807) is 0 Å². The molecule has 0 saturated carbocycles. The maximum atomic E-state index is 13.6. The van der Waals surface area contributed by atoms with Gasteiger partial charge in [-0.05, 0) is 25.2 Å². The molecule has 0 aliphatic carbocycles. The van der Waals surface area contributed by atoms with Crippen molar-refractivity contribution in [2.75, 3.05) is 38.1 Å². The molecule has 10 heteroatoms. The number of piperazine rings is 1. The number of carbonyl (C=O) groups is 1. The van der Waals surface area contributed by atoms with Crippen LogP contribution >= 0.6 is 11.6 Å². The fourth-order valence-electron chi connectivity index (χ4n) is 3.57. The molecule has 0 radical (unpaired) electrons. The maximum absolute atomic E-state index is 13.6. The maximum Gasteiger partial charge on any atom is 0.286 e. The van der Waals surface area contributed by atoms with E-state index in [2.05, 4.69) is 19.9 Å². The van der Waals surface area contributed by atoms with Crippen molar-refractivity contribution >= 4 is 34.4 Å². The zero-order valence-corrected chi connectivity index (χ0v) is 15.6. The van der Waals surface area contributed by atoms with E-state index in [4.69, 9.17) is 11.6 Å². The summed E-state index contributed by atoms with van der Waals surface area (Å²) in [5.74, 6) is -0.743. The van der Waals surface area contributed by atoms with E-state index in [1.807, 2.05) is 11.9 Å². The minimum Gasteiger partial charge on any atom is -0.351 e. The van der Waals surface area contributed by atoms with Gasteiger partial charge in [-0.2, -0.15) is 0 Å². The van der Waals surface area contributed by atoms with Gasteiger partial charge < -0.3 is 9.80 Å². The molecule has 2 aliphatic heterocycles. The highest BCUT2D eigenvalue weighted by atomic mass is 35.5. The first kappa shape index (κ1) is 17.2. The molecule has 5 rings (SSSR count). The van der Waals surface area contributed by atoms with Crippen LogP contribution in [0.2, 0.25) is 5.15 Å². The SMILES string of the molecule is CN1CCN(c2nc3nc4n(c(=O)c3nc2Cl)-c2ccc(F)cc2C4=O)CC1. The number of carbonyl (C=O) groups excluding carboxylic acids is 1. The third-order valence-electron chi connectivity index (χ3n) is 5.10. The number of hydrogen-bond donors (Lipinski definition) is 0. The van der Waals surface area contributed by atoms with Gasteiger partial charge in [-0.3, -0.25) is 14.2 Å². The number of aromatic nitrogens is 4. The highest BCUT2D eigenvalue weighted by Crippen LogP contribution is 2.28. The summed E-state index contributed by atoms with van der Waals surface area (Å²) in [5, 5.41) is 0.111. The van der Waals surface area contributed by atoms with Crippen LogP contribution in [0, 0.1) is 5.82 Å². The van der Waals surface area contributed by atoms with Crippen LogP contribution in [-0.2, 0) is 0 Å². The van der Waals surface area contributed by atoms with Crippen LogP contribution in [0.3, 0.4) is 0 Å². The lowest BCUT2D eigenvalue weighted by molar-refractivity contribution is 0.103. The predicted molar refractivity (Wildman–Crippen MR) is 101 cm³/mol. The molecule has 1 fully saturated rings. The Morgan fingerprint density at radius 3 is 2.57 bits per heavy atom. The summed E-state index contributed by atoms with van der Waals surface area (Å²) < 4.78 is 14.7. The van der Waals surface area contributed by atoms with Gasteiger partial charge in [0.2, 0.25) is 5.78 Å². The van der Waals surface area contributed by atoms with Crippen LogP contribution in [0.25, 0.3) is 16.9 Å². The molecular formula is C18H14ClFN6O2. The molecule has 0 N–H and O–H groups in total. The van der Waals surface area contributed by atoms with Crippen molar-refractivity contribution in [3.8, 4) is 5.69 Å². The molecule has 0 amide bonds. The highest BCUT2D eigenvalue weighted by molar-refractivity contribution is 6.32. The molecule has 0 unspecified atom stereocenters. The Labute approximate surface area is 163 Å². The number of fused-ring (bicyclic) bond motifs is 4. The Morgan fingerprint density at radius 1 is 1.07 bits per heavy atom. The van der Waals surface area contributed by atoms with Crippen LogP contribution in [-0.4, -0.2) is 63.4 Å². The molecule has 0 atom stereocenters. The standard InChI is InChI=1S/C18H14ClFN6O2/c1-24-4-6-25(7-5-24)17-14(19)21-12-15(23-17)22-16-13(27)10-8-9(20)2-3-11(10)26(16)18(12)28/h2-3,8H,4-7H2,1H3. The van der Waals surface area contributed by atoms with Gasteiger partial charge in [-0.1, -0.05) is 11.6 Å². The molecule has 2 aromatic heterocycles. The van der Waals surface area contributed by atoms with Gasteiger partial charge in [0.05, 0.1) is 11.3 Å². The van der Waals surface area contributed by atoms with E-state index in [0.29, 0.717) is 18.9 Å². The summed E-state index contributed by atoms with van der Waals surface area (Å²) in [4.78, 5) is 42.7. The molecule has 28 heavy (non-hydrogen) atoms. The molecular weight excluding hydrogens is 387 g/mol. The average Bonchev–Trinajstić information content (AvgIpc) is 2.95. The minimum absolute atomic E-state index is 0.0309. The first-order chi connectivity index (χ1) is 13.4. The van der Waals surface area contributed by atoms with Gasteiger partial charge in [-0.15, -0.1) is 0 Å². The Bertz CT molecular complexity index is 1220. The molecule has 3 aromatic rings. The van der Waals surface area contributed by atoms with Crippen molar-refractivity contribution in [1.29, 1.82) is 0 Å². The number of ketones is 1. The van der Waals surface area contributed by atoms with Crippen molar-refractivity contribution < 1.29 is 9.18 Å². The quantitative estimate of drug-likeness (QED) is 0.475. The van der Waals surface area contributed by atoms with Gasteiger partial charge in [-0.25, -0.2) is 19.3 Å². The first-order valence-corrected chi connectivity index (χ1v) is 9.10. The summed E-state index contributed by atoms with van der Waals surface area (Å²) in [6, 6.07) is 3.66. The molecule has 0 spiro atoms. The predicted octanol–water partition coefficient (Wildman–Crippen LogP) is 1.26. The summed E-state index contributed by atoms with van der Waals surface area (Å²) >= 11 is 6.32. The largest absolute Gasteiger partial charge is 0.351 e. The van der Waals surface area contributed by atoms with Crippen LogP contribution in [0.15, 0.2) is 23.0 Å². The van der Waals surface area contributed by atoms with Gasteiger partial charge in [0.1, 0.15) is 5.82 Å². The molecule has 0 bridgehead atoms. The van der Waals surface area contributed by atoms with Gasteiger partial charge in [0.15, 0.2) is 28.0 Å². The smallest absolute Gasteiger partial charge is 0.286 e. The Morgan fingerprint density at radius 2 is 1.82 bits per heavy atom. The monoisotopic (exact) mass is 400 g/mol. The highest BCUT2D eigenvalue weighted by Gasteiger charge is 2.32. The minimum atomic E-state index is -0.561. The first-order valence-electron chi connectivity index (χ1n) is 8.72. The lowest BCUT2D eigenvalue weighted by Crippen LogP contribution is -2.45. The van der Waals surface area contributed by atoms with Gasteiger partial charge >= 0.3 is 0 Å². The third kappa shape index (κ3) is 2.43. The van der Waals surface area contributed by atoms with Crippen LogP contribution < -0.4 is 10.5 Å². The molecule has 142 valence electrons. The normalized spacial score (nSPS) is 16.5. The fraction of sp³-hybridized carbons (Fsp3) is 0.278. The fourth-order valence-corrected chi connectivity index (χ4v) is 3.82. The van der Waals surface area contributed by atoms with Crippen LogP contribution in [0.5, 0.6) is 0 Å². The van der Waals surface area contributed by atoms with Gasteiger partial charge in [0.25, 0.3) is 5.56 Å². The Hall–Kier alpha value is -2.91. The third-order valence-corrected chi connectivity index (χ3v) is 5.35. The summed E-state index contributed by atoms with van der Waals surface area (Å²) in [6.07, 6.45) is 0. The molecule has 2 aliphatic rings. The average molecular weight is 401 g/mol. The summed E-state index contributed by atoms with van der Waals surface area (Å²) in [7, 11) is 2.03. The van der Waals surface area contributed by atoms with Crippen molar-refractivity contribution in [2.45, 2.75) is 0 Å². The van der Waals surface area contributed by atoms with Crippen molar-refractivity contribution in [3.05, 3.63) is 50.9 Å². The van der Waals surface area contributed by atoms with Crippen LogP contribution in [0.4, 0.5) is 10.2 Å². The lowest BCUT2D eigenvalue weighted by atomic mass is 10.1. The zero-order valence-electron chi connectivity index (χ0n) is 14.8. The molecule has 1 saturated heterocycles. The van der Waals surface area contributed by atoms with E-state index >= 15 is 0 Å². The lowest BCUT2D eigenvalue weighted by Gasteiger charge is -2.33. The zero-order chi connectivity index (χ0) is 19.6. The van der Waals surface area contributed by atoms with E-state index in [1.165, 1.54) is 12.1 Å².